The fourth-order valence-corrected chi connectivity index (χ4v) is 2.92. The van der Waals surface area contributed by atoms with Crippen LogP contribution in [0.4, 0.5) is 0 Å². The lowest BCUT2D eigenvalue weighted by Crippen LogP contribution is -2.34. The van der Waals surface area contributed by atoms with E-state index in [9.17, 15) is 4.79 Å². The maximum Gasteiger partial charge on any atom is 0.257 e. The van der Waals surface area contributed by atoms with E-state index in [4.69, 9.17) is 9.47 Å². The summed E-state index contributed by atoms with van der Waals surface area (Å²) in [5, 5.41) is 6.31. The summed E-state index contributed by atoms with van der Waals surface area (Å²) < 4.78 is 11.1. The van der Waals surface area contributed by atoms with Gasteiger partial charge in [-0.3, -0.25) is 4.79 Å². The van der Waals surface area contributed by atoms with Crippen molar-refractivity contribution >= 4 is 5.91 Å². The average Bonchev–Trinajstić information content (AvgIpc) is 2.69. The highest BCUT2D eigenvalue weighted by Crippen LogP contribution is 2.22. The standard InChI is InChI=1S/C20H25N3O3/c24-19(22-13-10-16-4-3-11-21-14-16)15-25-17-6-8-18(9-7-17)26-20-5-1-2-12-23-20/h1-2,5-9,12,16,21H,3-4,10-11,13-15H2,(H,22,24). The Hall–Kier alpha value is -2.60. The Bertz CT molecular complexity index is 670. The van der Waals surface area contributed by atoms with Crippen molar-refractivity contribution in [1.82, 2.24) is 15.6 Å². The van der Waals surface area contributed by atoms with Crippen molar-refractivity contribution in [2.24, 2.45) is 5.92 Å². The first-order chi connectivity index (χ1) is 12.8. The SMILES string of the molecule is O=C(COc1ccc(Oc2ccccn2)cc1)NCCC1CCCNC1. The monoisotopic (exact) mass is 355 g/mol. The number of nitrogens with one attached hydrogen (secondary N) is 2. The lowest BCUT2D eigenvalue weighted by Gasteiger charge is -2.22. The molecular formula is C20H25N3O3. The van der Waals surface area contributed by atoms with E-state index in [0.717, 1.165) is 19.5 Å². The number of benzene rings is 1. The van der Waals surface area contributed by atoms with E-state index in [0.29, 0.717) is 29.8 Å². The third-order valence-electron chi connectivity index (χ3n) is 4.33. The number of hydrogen-bond acceptors (Lipinski definition) is 5. The number of nitrogens with zero attached hydrogens (tertiary/aromatic N) is 1. The molecule has 26 heavy (non-hydrogen) atoms. The number of amides is 1. The molecule has 1 aliphatic rings. The van der Waals surface area contributed by atoms with Crippen LogP contribution in [0.15, 0.2) is 48.7 Å². The van der Waals surface area contributed by atoms with Gasteiger partial charge in [0.2, 0.25) is 5.88 Å². The number of pyridine rings is 1. The molecule has 1 saturated heterocycles. The summed E-state index contributed by atoms with van der Waals surface area (Å²) in [6.07, 6.45) is 5.16. The minimum atomic E-state index is -0.0948. The quantitative estimate of drug-likeness (QED) is 0.762. The normalized spacial score (nSPS) is 16.7. The molecule has 0 saturated carbocycles. The molecule has 1 amide bonds. The van der Waals surface area contributed by atoms with E-state index in [2.05, 4.69) is 15.6 Å². The first-order valence-electron chi connectivity index (χ1n) is 9.09. The maximum absolute atomic E-state index is 11.9. The molecule has 6 nitrogen and oxygen atoms in total. The van der Waals surface area contributed by atoms with Gasteiger partial charge in [-0.15, -0.1) is 0 Å². The first-order valence-corrected chi connectivity index (χ1v) is 9.09. The van der Waals surface area contributed by atoms with E-state index in [1.165, 1.54) is 12.8 Å². The Morgan fingerprint density at radius 1 is 1.19 bits per heavy atom. The van der Waals surface area contributed by atoms with Gasteiger partial charge in [0.05, 0.1) is 0 Å². The van der Waals surface area contributed by atoms with Crippen molar-refractivity contribution in [2.45, 2.75) is 19.3 Å². The predicted molar refractivity (Wildman–Crippen MR) is 99.5 cm³/mol. The van der Waals surface area contributed by atoms with Crippen LogP contribution in [-0.4, -0.2) is 37.1 Å². The van der Waals surface area contributed by atoms with Gasteiger partial charge >= 0.3 is 0 Å². The molecule has 0 radical (unpaired) electrons. The average molecular weight is 355 g/mol. The molecule has 2 N–H and O–H groups in total. The van der Waals surface area contributed by atoms with Gasteiger partial charge in [0.25, 0.3) is 5.91 Å². The van der Waals surface area contributed by atoms with Gasteiger partial charge < -0.3 is 20.1 Å². The second-order valence-electron chi connectivity index (χ2n) is 6.38. The third-order valence-corrected chi connectivity index (χ3v) is 4.33. The van der Waals surface area contributed by atoms with Crippen molar-refractivity contribution in [1.29, 1.82) is 0 Å². The Kier molecular flexibility index (Phi) is 6.84. The van der Waals surface area contributed by atoms with Crippen LogP contribution in [0.1, 0.15) is 19.3 Å². The van der Waals surface area contributed by atoms with Crippen molar-refractivity contribution in [3.63, 3.8) is 0 Å². The largest absolute Gasteiger partial charge is 0.484 e. The van der Waals surface area contributed by atoms with Crippen molar-refractivity contribution in [2.75, 3.05) is 26.2 Å². The summed E-state index contributed by atoms with van der Waals surface area (Å²) in [5.41, 5.74) is 0. The highest BCUT2D eigenvalue weighted by molar-refractivity contribution is 5.77. The number of hydrogen-bond donors (Lipinski definition) is 2. The van der Waals surface area contributed by atoms with Crippen LogP contribution < -0.4 is 20.1 Å². The van der Waals surface area contributed by atoms with Crippen LogP contribution in [0.25, 0.3) is 0 Å². The molecule has 1 aromatic heterocycles. The summed E-state index contributed by atoms with van der Waals surface area (Å²) in [6, 6.07) is 12.6. The van der Waals surface area contributed by atoms with Gasteiger partial charge in [-0.25, -0.2) is 4.98 Å². The Morgan fingerprint density at radius 2 is 2.04 bits per heavy atom. The van der Waals surface area contributed by atoms with E-state index in [1.807, 2.05) is 12.1 Å². The van der Waals surface area contributed by atoms with E-state index < -0.39 is 0 Å². The molecule has 1 aliphatic heterocycles. The zero-order valence-corrected chi connectivity index (χ0v) is 14.8. The second-order valence-corrected chi connectivity index (χ2v) is 6.38. The van der Waals surface area contributed by atoms with Crippen LogP contribution in [-0.2, 0) is 4.79 Å². The number of aromatic nitrogens is 1. The summed E-state index contributed by atoms with van der Waals surface area (Å²) in [5.74, 6) is 2.40. The zero-order valence-electron chi connectivity index (χ0n) is 14.8. The van der Waals surface area contributed by atoms with Gasteiger partial charge in [-0.2, -0.15) is 0 Å². The predicted octanol–water partition coefficient (Wildman–Crippen LogP) is 2.76. The van der Waals surface area contributed by atoms with Crippen LogP contribution in [0.5, 0.6) is 17.4 Å². The molecule has 138 valence electrons. The fourth-order valence-electron chi connectivity index (χ4n) is 2.92. The molecule has 1 fully saturated rings. The third kappa shape index (κ3) is 6.04. The Labute approximate surface area is 153 Å². The molecule has 2 heterocycles. The molecule has 1 atom stereocenters. The minimum absolute atomic E-state index is 0.0172. The summed E-state index contributed by atoms with van der Waals surface area (Å²) in [7, 11) is 0. The number of carbonyl (C=O) groups is 1. The molecule has 2 aromatic rings. The Balaban J connectivity index is 1.35. The molecule has 6 heteroatoms. The van der Waals surface area contributed by atoms with Crippen LogP contribution >= 0.6 is 0 Å². The summed E-state index contributed by atoms with van der Waals surface area (Å²) >= 11 is 0. The van der Waals surface area contributed by atoms with Gasteiger partial charge in [0, 0.05) is 18.8 Å². The van der Waals surface area contributed by atoms with Crippen LogP contribution in [0, 0.1) is 5.92 Å². The maximum atomic E-state index is 11.9. The first kappa shape index (κ1) is 18.2. The zero-order chi connectivity index (χ0) is 18.0. The smallest absolute Gasteiger partial charge is 0.257 e. The Morgan fingerprint density at radius 3 is 2.77 bits per heavy atom. The van der Waals surface area contributed by atoms with Crippen molar-refractivity contribution in [3.05, 3.63) is 48.7 Å². The summed E-state index contributed by atoms with van der Waals surface area (Å²) in [4.78, 5) is 16.0. The molecule has 1 unspecified atom stereocenters. The topological polar surface area (TPSA) is 72.5 Å². The highest BCUT2D eigenvalue weighted by atomic mass is 16.5. The number of ether oxygens (including phenoxy) is 2. The van der Waals surface area contributed by atoms with Crippen molar-refractivity contribution < 1.29 is 14.3 Å². The molecule has 0 aliphatic carbocycles. The molecular weight excluding hydrogens is 330 g/mol. The van der Waals surface area contributed by atoms with Crippen LogP contribution in [0.3, 0.4) is 0 Å². The highest BCUT2D eigenvalue weighted by Gasteiger charge is 2.13. The number of rotatable bonds is 8. The molecule has 0 spiro atoms. The minimum Gasteiger partial charge on any atom is -0.484 e. The van der Waals surface area contributed by atoms with E-state index in [-0.39, 0.29) is 12.5 Å². The van der Waals surface area contributed by atoms with Crippen molar-refractivity contribution in [3.8, 4) is 17.4 Å². The van der Waals surface area contributed by atoms with E-state index in [1.54, 1.807) is 36.5 Å². The second kappa shape index (κ2) is 9.77. The number of piperidine rings is 1. The number of carbonyl (C=O) groups excluding carboxylic acids is 1. The lowest BCUT2D eigenvalue weighted by atomic mass is 9.96. The van der Waals surface area contributed by atoms with E-state index >= 15 is 0 Å². The van der Waals surface area contributed by atoms with Gasteiger partial charge in [0.15, 0.2) is 6.61 Å². The fraction of sp³-hybridized carbons (Fsp3) is 0.400. The van der Waals surface area contributed by atoms with Crippen LogP contribution in [0.2, 0.25) is 0 Å². The van der Waals surface area contributed by atoms with Gasteiger partial charge in [-0.05, 0) is 68.6 Å². The van der Waals surface area contributed by atoms with Gasteiger partial charge in [0.1, 0.15) is 11.5 Å². The molecule has 3 rings (SSSR count). The van der Waals surface area contributed by atoms with Gasteiger partial charge in [-0.1, -0.05) is 6.07 Å². The molecule has 0 bridgehead atoms. The lowest BCUT2D eigenvalue weighted by molar-refractivity contribution is -0.123. The molecule has 1 aromatic carbocycles. The summed E-state index contributed by atoms with van der Waals surface area (Å²) in [6.45, 7) is 2.89.